The van der Waals surface area contributed by atoms with E-state index < -0.39 is 47.5 Å². The summed E-state index contributed by atoms with van der Waals surface area (Å²) in [5, 5.41) is 21.6. The van der Waals surface area contributed by atoms with Crippen LogP contribution in [0, 0.1) is 28.6 Å². The molecule has 1 aromatic carbocycles. The summed E-state index contributed by atoms with van der Waals surface area (Å²) in [4.78, 5) is 39.7. The zero-order chi connectivity index (χ0) is 35.8. The number of nitrogens with two attached hydrogens (primary N) is 1. The van der Waals surface area contributed by atoms with Crippen LogP contribution in [0.2, 0.25) is 0 Å². The van der Waals surface area contributed by atoms with Gasteiger partial charge in [-0.3, -0.25) is 9.59 Å². The van der Waals surface area contributed by atoms with Crippen LogP contribution in [0.25, 0.3) is 0 Å². The maximum absolute atomic E-state index is 14.6. The van der Waals surface area contributed by atoms with Crippen molar-refractivity contribution in [3.8, 4) is 0 Å². The van der Waals surface area contributed by atoms with E-state index >= 15 is 0 Å². The number of quaternary nitrogens is 1. The summed E-state index contributed by atoms with van der Waals surface area (Å²) in [5.74, 6) is -0.897. The molecule has 1 aliphatic heterocycles. The second-order valence-corrected chi connectivity index (χ2v) is 16.6. The number of likely N-dealkylation sites (N-methyl/N-ethyl adjacent to an activating group) is 1. The number of hydrogen-bond acceptors (Lipinski definition) is 9. The van der Waals surface area contributed by atoms with Crippen LogP contribution in [0.5, 0.6) is 0 Å². The van der Waals surface area contributed by atoms with E-state index in [1.807, 2.05) is 75.4 Å². The molecular weight excluding hydrogens is 638 g/mol. The van der Waals surface area contributed by atoms with Crippen LogP contribution in [0.1, 0.15) is 62.5 Å². The predicted molar refractivity (Wildman–Crippen MR) is 184 cm³/mol. The molecule has 4 N–H and O–H groups in total. The minimum atomic E-state index is -1.45. The van der Waals surface area contributed by atoms with Crippen LogP contribution in [0.15, 0.2) is 60.5 Å². The highest BCUT2D eigenvalue weighted by atomic mass is 16.7. The number of ether oxygens (including phenoxy) is 3. The van der Waals surface area contributed by atoms with Gasteiger partial charge >= 0.3 is 5.97 Å². The van der Waals surface area contributed by atoms with Gasteiger partial charge < -0.3 is 39.2 Å². The van der Waals surface area contributed by atoms with Gasteiger partial charge in [-0.1, -0.05) is 37.6 Å². The van der Waals surface area contributed by atoms with Gasteiger partial charge in [-0.15, -0.1) is 0 Å². The van der Waals surface area contributed by atoms with Gasteiger partial charge in [0.2, 0.25) is 5.78 Å². The van der Waals surface area contributed by atoms with Crippen molar-refractivity contribution in [1.29, 1.82) is 0 Å². The Morgan fingerprint density at radius 1 is 1.18 bits per heavy atom. The van der Waals surface area contributed by atoms with Crippen molar-refractivity contribution < 1.29 is 43.3 Å². The molecule has 0 radical (unpaired) electrons. The van der Waals surface area contributed by atoms with Crippen molar-refractivity contribution in [3.05, 3.63) is 77.2 Å². The molecular formula is C39H50N3O8+. The summed E-state index contributed by atoms with van der Waals surface area (Å²) >= 11 is 0. The van der Waals surface area contributed by atoms with Crippen molar-refractivity contribution in [3.63, 3.8) is 0 Å². The average molecular weight is 689 g/mol. The van der Waals surface area contributed by atoms with Gasteiger partial charge in [0.15, 0.2) is 30.8 Å². The molecule has 9 atom stereocenters. The molecule has 1 aromatic heterocycles. The van der Waals surface area contributed by atoms with E-state index in [2.05, 4.69) is 6.92 Å². The lowest BCUT2D eigenvalue weighted by molar-refractivity contribution is -0.862. The monoisotopic (exact) mass is 688 g/mol. The van der Waals surface area contributed by atoms with Crippen LogP contribution in [-0.2, 0) is 41.7 Å². The number of aliphatic hydroxyl groups is 2. The molecule has 0 spiro atoms. The SMILES string of the molecule is C[C@]12C=CC(=O)C=C1CC[C@@H]1[C@@H]2[C@@H](O)C[C@@]2(C)[C@H]1C[C@H]1O[C@@H](c3ccn(Cc4ccc(CO)c(N)c4)c3)O[C@]12C(=O)COC(=O)C[N+](C)(C)C. The Bertz CT molecular complexity index is 1770. The summed E-state index contributed by atoms with van der Waals surface area (Å²) in [5.41, 5.74) is 7.38. The smallest absolute Gasteiger partial charge is 0.362 e. The number of benzene rings is 1. The molecule has 2 aromatic rings. The third-order valence-corrected chi connectivity index (χ3v) is 12.4. The first-order valence-electron chi connectivity index (χ1n) is 17.7. The Hall–Kier alpha value is -3.61. The summed E-state index contributed by atoms with van der Waals surface area (Å²) < 4.78 is 21.6. The van der Waals surface area contributed by atoms with Crippen LogP contribution in [0.3, 0.4) is 0 Å². The first kappa shape index (κ1) is 34.8. The summed E-state index contributed by atoms with van der Waals surface area (Å²) in [6.07, 6.45) is 9.37. The number of aliphatic hydroxyl groups excluding tert-OH is 2. The number of nitrogen functional groups attached to an aromatic ring is 1. The zero-order valence-electron chi connectivity index (χ0n) is 29.6. The first-order valence-corrected chi connectivity index (χ1v) is 17.7. The van der Waals surface area contributed by atoms with Crippen molar-refractivity contribution in [2.24, 2.45) is 28.6 Å². The largest absolute Gasteiger partial charge is 0.453 e. The second-order valence-electron chi connectivity index (χ2n) is 16.6. The standard InChI is InChI=1S/C39H50N3O8/c1-37-12-10-27(44)15-26(37)8-9-28-29-16-33-39(38(29,2)17-31(45)35(28)37,32(46)22-48-34(47)20-42(3,4)5)50-36(49-33)24-11-13-41(19-24)18-23-6-7-25(21-43)30(40)14-23/h6-7,10-15,19,28-29,31,33,35-36,43,45H,8-9,16-18,20-22,40H2,1-5H3/q+1/t28-,29-,31-,33+,35+,36+,37-,38-,39+/m0/s1. The Kier molecular flexibility index (Phi) is 8.54. The van der Waals surface area contributed by atoms with E-state index in [0.29, 0.717) is 35.1 Å². The van der Waals surface area contributed by atoms with Gasteiger partial charge in [0.05, 0.1) is 40.0 Å². The number of aromatic nitrogens is 1. The number of fused-ring (bicyclic) bond motifs is 7. The Balaban J connectivity index is 1.19. The summed E-state index contributed by atoms with van der Waals surface area (Å²) in [6.45, 7) is 4.24. The highest BCUT2D eigenvalue weighted by Gasteiger charge is 2.76. The number of allylic oxidation sites excluding steroid dienone is 4. The van der Waals surface area contributed by atoms with Crippen molar-refractivity contribution in [1.82, 2.24) is 4.57 Å². The number of ketones is 2. The van der Waals surface area contributed by atoms with E-state index in [0.717, 1.165) is 29.5 Å². The molecule has 0 unspecified atom stereocenters. The zero-order valence-corrected chi connectivity index (χ0v) is 29.6. The molecule has 11 nitrogen and oxygen atoms in total. The van der Waals surface area contributed by atoms with Gasteiger partial charge in [0, 0.05) is 52.5 Å². The van der Waals surface area contributed by atoms with Crippen LogP contribution < -0.4 is 5.73 Å². The quantitative estimate of drug-likeness (QED) is 0.205. The fourth-order valence-electron chi connectivity index (χ4n) is 10.2. The number of Topliss-reactive ketones (excluding diaryl/α,β-unsaturated/α-hetero) is 1. The van der Waals surface area contributed by atoms with E-state index in [1.54, 1.807) is 12.2 Å². The number of carbonyl (C=O) groups is 3. The number of nitrogens with zero attached hydrogens (tertiary/aromatic N) is 2. The third kappa shape index (κ3) is 5.58. The van der Waals surface area contributed by atoms with Crippen LogP contribution in [-0.4, -0.2) is 88.9 Å². The van der Waals surface area contributed by atoms with Crippen molar-refractivity contribution >= 4 is 23.2 Å². The molecule has 5 aliphatic rings. The van der Waals surface area contributed by atoms with Gasteiger partial charge in [0.25, 0.3) is 0 Å². The summed E-state index contributed by atoms with van der Waals surface area (Å²) in [7, 11) is 5.64. The number of anilines is 1. The molecule has 11 heteroatoms. The lowest BCUT2D eigenvalue weighted by atomic mass is 9.46. The highest BCUT2D eigenvalue weighted by Crippen LogP contribution is 2.70. The molecule has 4 aliphatic carbocycles. The number of hydrogen-bond donors (Lipinski definition) is 3. The first-order chi connectivity index (χ1) is 23.6. The van der Waals surface area contributed by atoms with E-state index in [-0.39, 0.29) is 42.5 Å². The Labute approximate surface area is 293 Å². The molecule has 0 bridgehead atoms. The van der Waals surface area contributed by atoms with Crippen LogP contribution in [0.4, 0.5) is 5.69 Å². The molecule has 3 saturated carbocycles. The topological polar surface area (TPSA) is 150 Å². The molecule has 4 fully saturated rings. The average Bonchev–Trinajstić information content (AvgIpc) is 3.72. The Morgan fingerprint density at radius 2 is 1.96 bits per heavy atom. The van der Waals surface area contributed by atoms with Gasteiger partial charge in [-0.05, 0) is 67.4 Å². The van der Waals surface area contributed by atoms with Gasteiger partial charge in [-0.25, -0.2) is 4.79 Å². The molecule has 1 saturated heterocycles. The molecule has 0 amide bonds. The van der Waals surface area contributed by atoms with Crippen molar-refractivity contribution in [2.45, 2.75) is 76.8 Å². The molecule has 7 rings (SSSR count). The molecule has 268 valence electrons. The molecule has 2 heterocycles. The highest BCUT2D eigenvalue weighted by molar-refractivity contribution is 6.01. The second kappa shape index (κ2) is 12.3. The minimum absolute atomic E-state index is 0.00547. The van der Waals surface area contributed by atoms with E-state index in [9.17, 15) is 24.6 Å². The lowest BCUT2D eigenvalue weighted by Crippen LogP contribution is -2.63. The van der Waals surface area contributed by atoms with Gasteiger partial charge in [-0.2, -0.15) is 0 Å². The molecule has 50 heavy (non-hydrogen) atoms. The minimum Gasteiger partial charge on any atom is -0.453 e. The lowest BCUT2D eigenvalue weighted by Gasteiger charge is -2.59. The van der Waals surface area contributed by atoms with Crippen LogP contribution >= 0.6 is 0 Å². The van der Waals surface area contributed by atoms with Gasteiger partial charge in [0.1, 0.15) is 0 Å². The fourth-order valence-corrected chi connectivity index (χ4v) is 10.2. The number of esters is 1. The summed E-state index contributed by atoms with van der Waals surface area (Å²) in [6, 6.07) is 7.50. The number of rotatable bonds is 9. The number of carbonyl (C=O) groups excluding carboxylic acids is 3. The maximum Gasteiger partial charge on any atom is 0.362 e. The van der Waals surface area contributed by atoms with Crippen molar-refractivity contribution in [2.75, 3.05) is 40.0 Å². The third-order valence-electron chi connectivity index (χ3n) is 12.4. The maximum atomic E-state index is 14.6. The fraction of sp³-hybridized carbons (Fsp3) is 0.564. The Morgan fingerprint density at radius 3 is 2.68 bits per heavy atom. The normalized spacial score (nSPS) is 35.9. The van der Waals surface area contributed by atoms with E-state index in [4.69, 9.17) is 19.9 Å². The van der Waals surface area contributed by atoms with E-state index in [1.165, 1.54) is 0 Å². The predicted octanol–water partition coefficient (Wildman–Crippen LogP) is 3.47.